The Kier molecular flexibility index (Phi) is 5.41. The second-order valence-corrected chi connectivity index (χ2v) is 7.45. The van der Waals surface area contributed by atoms with Gasteiger partial charge in [0.2, 0.25) is 0 Å². The number of hydrogen-bond acceptors (Lipinski definition) is 6. The van der Waals surface area contributed by atoms with Crippen molar-refractivity contribution in [2.24, 2.45) is 5.92 Å². The molecule has 0 amide bonds. The fraction of sp³-hybridized carbons (Fsp3) is 0.611. The minimum Gasteiger partial charge on any atom is -0.388 e. The van der Waals surface area contributed by atoms with Crippen LogP contribution in [0.1, 0.15) is 51.3 Å². The Morgan fingerprint density at radius 1 is 1.41 bits per heavy atom. The molecule has 0 radical (unpaired) electrons. The first-order valence-corrected chi connectivity index (χ1v) is 8.99. The Morgan fingerprint density at radius 3 is 2.85 bits per heavy atom. The maximum absolute atomic E-state index is 13.0. The smallest absolute Gasteiger partial charge is 0.388 e. The van der Waals surface area contributed by atoms with Gasteiger partial charge in [-0.05, 0) is 37.8 Å². The van der Waals surface area contributed by atoms with Crippen molar-refractivity contribution in [3.8, 4) is 11.5 Å². The number of rotatable bonds is 5. The van der Waals surface area contributed by atoms with Gasteiger partial charge in [-0.15, -0.1) is 0 Å². The molecule has 0 aromatic carbocycles. The van der Waals surface area contributed by atoms with E-state index < -0.39 is 17.7 Å². The molecule has 148 valence electrons. The van der Waals surface area contributed by atoms with Crippen LogP contribution in [0.15, 0.2) is 22.9 Å². The maximum Gasteiger partial charge on any atom is 0.391 e. The zero-order chi connectivity index (χ0) is 19.7. The van der Waals surface area contributed by atoms with Gasteiger partial charge in [0.15, 0.2) is 5.82 Å². The number of aromatic nitrogens is 3. The van der Waals surface area contributed by atoms with Gasteiger partial charge in [0, 0.05) is 24.2 Å². The maximum atomic E-state index is 13.0. The molecule has 3 rings (SSSR count). The number of nitrogens with zero attached hydrogens (tertiary/aromatic N) is 3. The fourth-order valence-corrected chi connectivity index (χ4v) is 3.28. The molecular formula is C18H23F3N4O2. The van der Waals surface area contributed by atoms with Crippen molar-refractivity contribution < 1.29 is 22.8 Å². The zero-order valence-corrected chi connectivity index (χ0v) is 15.3. The van der Waals surface area contributed by atoms with Crippen LogP contribution >= 0.6 is 0 Å². The van der Waals surface area contributed by atoms with Crippen molar-refractivity contribution >= 4 is 5.82 Å². The van der Waals surface area contributed by atoms with Crippen molar-refractivity contribution in [1.29, 1.82) is 0 Å². The molecule has 1 aliphatic rings. The lowest BCUT2D eigenvalue weighted by molar-refractivity contribution is -0.199. The Labute approximate surface area is 155 Å². The summed E-state index contributed by atoms with van der Waals surface area (Å²) in [4.78, 5) is 8.47. The third-order valence-electron chi connectivity index (χ3n) is 4.85. The summed E-state index contributed by atoms with van der Waals surface area (Å²) in [5.74, 6) is 0.0253. The highest BCUT2D eigenvalue weighted by molar-refractivity contribution is 5.57. The average Bonchev–Trinajstić information content (AvgIpc) is 3.10. The first kappa shape index (κ1) is 19.6. The zero-order valence-electron chi connectivity index (χ0n) is 15.3. The van der Waals surface area contributed by atoms with E-state index in [0.717, 1.165) is 0 Å². The van der Waals surface area contributed by atoms with E-state index in [1.165, 1.54) is 0 Å². The molecule has 6 nitrogen and oxygen atoms in total. The molecule has 0 spiro atoms. The predicted molar refractivity (Wildman–Crippen MR) is 93.1 cm³/mol. The van der Waals surface area contributed by atoms with E-state index in [-0.39, 0.29) is 25.3 Å². The van der Waals surface area contributed by atoms with Crippen molar-refractivity contribution in [3.63, 3.8) is 0 Å². The summed E-state index contributed by atoms with van der Waals surface area (Å²) in [6, 6.07) is 3.38. The first-order chi connectivity index (χ1) is 12.7. The SMILES string of the molecule is CC(C)c1noc(-c2ccnc(NCC3(O)CCCC(C(F)(F)F)C3)c2)n1. The van der Waals surface area contributed by atoms with Gasteiger partial charge in [-0.1, -0.05) is 19.0 Å². The highest BCUT2D eigenvalue weighted by Gasteiger charge is 2.46. The molecule has 2 aromatic heterocycles. The molecule has 1 aliphatic carbocycles. The molecule has 2 N–H and O–H groups in total. The van der Waals surface area contributed by atoms with Gasteiger partial charge in [-0.3, -0.25) is 0 Å². The Morgan fingerprint density at radius 2 is 2.19 bits per heavy atom. The highest BCUT2D eigenvalue weighted by atomic mass is 19.4. The lowest BCUT2D eigenvalue weighted by Crippen LogP contribution is -2.45. The topological polar surface area (TPSA) is 84.1 Å². The van der Waals surface area contributed by atoms with Crippen LogP contribution in [0.3, 0.4) is 0 Å². The average molecular weight is 384 g/mol. The predicted octanol–water partition coefficient (Wildman–Crippen LogP) is 4.15. The summed E-state index contributed by atoms with van der Waals surface area (Å²) < 4.78 is 44.2. The molecule has 1 fully saturated rings. The fourth-order valence-electron chi connectivity index (χ4n) is 3.28. The van der Waals surface area contributed by atoms with Gasteiger partial charge in [0.05, 0.1) is 11.5 Å². The number of aliphatic hydroxyl groups is 1. The van der Waals surface area contributed by atoms with E-state index in [1.807, 2.05) is 13.8 Å². The number of pyridine rings is 1. The van der Waals surface area contributed by atoms with Gasteiger partial charge in [0.1, 0.15) is 5.82 Å². The van der Waals surface area contributed by atoms with Crippen LogP contribution in [0.5, 0.6) is 0 Å². The van der Waals surface area contributed by atoms with Gasteiger partial charge in [0.25, 0.3) is 5.89 Å². The number of anilines is 1. The lowest BCUT2D eigenvalue weighted by atomic mass is 9.77. The molecule has 2 unspecified atom stereocenters. The van der Waals surface area contributed by atoms with E-state index in [4.69, 9.17) is 4.52 Å². The van der Waals surface area contributed by atoms with Gasteiger partial charge in [-0.25, -0.2) is 4.98 Å². The molecule has 2 heterocycles. The van der Waals surface area contributed by atoms with Gasteiger partial charge < -0.3 is 14.9 Å². The van der Waals surface area contributed by atoms with E-state index in [2.05, 4.69) is 20.4 Å². The van der Waals surface area contributed by atoms with Crippen LogP contribution in [-0.2, 0) is 0 Å². The van der Waals surface area contributed by atoms with Crippen molar-refractivity contribution in [1.82, 2.24) is 15.1 Å². The summed E-state index contributed by atoms with van der Waals surface area (Å²) in [6.45, 7) is 3.90. The van der Waals surface area contributed by atoms with Crippen LogP contribution in [0.25, 0.3) is 11.5 Å². The van der Waals surface area contributed by atoms with Crippen molar-refractivity contribution in [2.75, 3.05) is 11.9 Å². The van der Waals surface area contributed by atoms with Crippen LogP contribution in [0.4, 0.5) is 19.0 Å². The van der Waals surface area contributed by atoms with Crippen LogP contribution in [-0.4, -0.2) is 38.6 Å². The summed E-state index contributed by atoms with van der Waals surface area (Å²) >= 11 is 0. The number of alkyl halides is 3. The van der Waals surface area contributed by atoms with E-state index in [1.54, 1.807) is 18.3 Å². The second-order valence-electron chi connectivity index (χ2n) is 7.45. The molecule has 2 atom stereocenters. The normalized spacial score (nSPS) is 23.6. The lowest BCUT2D eigenvalue weighted by Gasteiger charge is -2.37. The Bertz CT molecular complexity index is 778. The number of hydrogen-bond donors (Lipinski definition) is 2. The molecule has 2 aromatic rings. The van der Waals surface area contributed by atoms with Gasteiger partial charge >= 0.3 is 6.18 Å². The molecule has 9 heteroatoms. The minimum atomic E-state index is -4.28. The summed E-state index contributed by atoms with van der Waals surface area (Å²) in [5.41, 5.74) is -0.762. The third kappa shape index (κ3) is 4.77. The van der Waals surface area contributed by atoms with E-state index in [0.29, 0.717) is 35.9 Å². The van der Waals surface area contributed by atoms with Crippen LogP contribution < -0.4 is 5.32 Å². The van der Waals surface area contributed by atoms with Crippen molar-refractivity contribution in [3.05, 3.63) is 24.2 Å². The summed E-state index contributed by atoms with van der Waals surface area (Å²) in [7, 11) is 0. The Balaban J connectivity index is 1.67. The third-order valence-corrected chi connectivity index (χ3v) is 4.85. The molecular weight excluding hydrogens is 361 g/mol. The molecule has 0 bridgehead atoms. The van der Waals surface area contributed by atoms with E-state index in [9.17, 15) is 18.3 Å². The molecule has 0 saturated heterocycles. The summed E-state index contributed by atoms with van der Waals surface area (Å²) in [5, 5.41) is 17.4. The minimum absolute atomic E-state index is 0.00287. The van der Waals surface area contributed by atoms with Crippen LogP contribution in [0, 0.1) is 5.92 Å². The molecule has 0 aliphatic heterocycles. The standard InChI is InChI=1S/C18H23F3N4O2/c1-11(2)15-24-16(27-25-15)12-5-7-22-14(8-12)23-10-17(26)6-3-4-13(9-17)18(19,20)21/h5,7-8,11,13,26H,3-4,6,9-10H2,1-2H3,(H,22,23). The monoisotopic (exact) mass is 384 g/mol. The highest BCUT2D eigenvalue weighted by Crippen LogP contribution is 2.41. The summed E-state index contributed by atoms with van der Waals surface area (Å²) in [6.07, 6.45) is -2.30. The number of nitrogens with one attached hydrogen (secondary N) is 1. The first-order valence-electron chi connectivity index (χ1n) is 8.99. The Hall–Kier alpha value is -2.16. The van der Waals surface area contributed by atoms with E-state index >= 15 is 0 Å². The quantitative estimate of drug-likeness (QED) is 0.806. The van der Waals surface area contributed by atoms with Gasteiger partial charge in [-0.2, -0.15) is 18.2 Å². The van der Waals surface area contributed by atoms with Crippen LogP contribution in [0.2, 0.25) is 0 Å². The number of halogens is 3. The largest absolute Gasteiger partial charge is 0.391 e. The molecule has 27 heavy (non-hydrogen) atoms. The second kappa shape index (κ2) is 7.46. The van der Waals surface area contributed by atoms with Crippen molar-refractivity contribution in [2.45, 2.75) is 57.2 Å². The molecule has 1 saturated carbocycles.